The summed E-state index contributed by atoms with van der Waals surface area (Å²) in [5, 5.41) is 2.26. The van der Waals surface area contributed by atoms with Crippen molar-refractivity contribution in [3.05, 3.63) is 16.1 Å². The molecule has 1 aliphatic heterocycles. The summed E-state index contributed by atoms with van der Waals surface area (Å²) < 4.78 is 31.1. The highest BCUT2D eigenvalue weighted by molar-refractivity contribution is 4.91. The van der Waals surface area contributed by atoms with Crippen molar-refractivity contribution >= 4 is 0 Å². The standard InChI is InChI=1S/C6H6F2N2O2/c7-6(8)1-2-10-4(3-6)5(11)12-9-10/h1-3H2/p+1. The Bertz CT molecular complexity index is 355. The molecular weight excluding hydrogens is 170 g/mol. The lowest BCUT2D eigenvalue weighted by Gasteiger charge is -2.14. The molecule has 0 saturated carbocycles. The Morgan fingerprint density at radius 1 is 1.58 bits per heavy atom. The summed E-state index contributed by atoms with van der Waals surface area (Å²) in [5.41, 5.74) is -0.680. The number of aromatic nitrogens is 2. The maximum absolute atomic E-state index is 12.7. The number of fused-ring (bicyclic) bond motifs is 1. The molecule has 0 bridgehead atoms. The lowest BCUT2D eigenvalue weighted by molar-refractivity contribution is -0.776. The molecule has 0 unspecified atom stereocenters. The van der Waals surface area contributed by atoms with Gasteiger partial charge in [-0.2, -0.15) is 0 Å². The lowest BCUT2D eigenvalue weighted by Crippen LogP contribution is -2.50. The molecule has 66 valence electrons. The molecule has 1 aromatic rings. The van der Waals surface area contributed by atoms with E-state index in [1.165, 1.54) is 4.68 Å². The average molecular weight is 177 g/mol. The third-order valence-corrected chi connectivity index (χ3v) is 1.94. The van der Waals surface area contributed by atoms with E-state index in [9.17, 15) is 13.6 Å². The van der Waals surface area contributed by atoms with Gasteiger partial charge in [-0.3, -0.25) is 4.52 Å². The van der Waals surface area contributed by atoms with Crippen LogP contribution in [0.3, 0.4) is 0 Å². The summed E-state index contributed by atoms with van der Waals surface area (Å²) >= 11 is 0. The molecule has 1 aliphatic rings. The highest BCUT2D eigenvalue weighted by Crippen LogP contribution is 2.24. The molecule has 0 spiro atoms. The number of hydrogen-bond donors (Lipinski definition) is 1. The molecule has 0 saturated heterocycles. The van der Waals surface area contributed by atoms with Crippen molar-refractivity contribution in [3.8, 4) is 0 Å². The van der Waals surface area contributed by atoms with E-state index in [0.717, 1.165) is 0 Å². The molecule has 2 rings (SSSR count). The third kappa shape index (κ3) is 1.03. The van der Waals surface area contributed by atoms with Crippen molar-refractivity contribution in [2.24, 2.45) is 0 Å². The largest absolute Gasteiger partial charge is 0.430 e. The average Bonchev–Trinajstić information content (AvgIpc) is 2.31. The molecule has 0 aromatic carbocycles. The van der Waals surface area contributed by atoms with E-state index < -0.39 is 18.0 Å². The minimum absolute atomic E-state index is 0.0197. The zero-order chi connectivity index (χ0) is 8.77. The third-order valence-electron chi connectivity index (χ3n) is 1.94. The smallest absolute Gasteiger partial charge is 0.283 e. The zero-order valence-corrected chi connectivity index (χ0v) is 6.14. The van der Waals surface area contributed by atoms with Crippen LogP contribution < -0.4 is 10.3 Å². The molecule has 0 amide bonds. The zero-order valence-electron chi connectivity index (χ0n) is 6.14. The fourth-order valence-electron chi connectivity index (χ4n) is 1.28. The number of halogens is 2. The molecule has 0 radical (unpaired) electrons. The minimum Gasteiger partial charge on any atom is -0.283 e. The van der Waals surface area contributed by atoms with Gasteiger partial charge in [0.15, 0.2) is 6.54 Å². The van der Waals surface area contributed by atoms with E-state index in [2.05, 4.69) is 9.79 Å². The molecule has 0 fully saturated rings. The summed E-state index contributed by atoms with van der Waals surface area (Å²) in [7, 11) is 0. The number of hydrogen-bond acceptors (Lipinski definition) is 2. The fraction of sp³-hybridized carbons (Fsp3) is 0.667. The monoisotopic (exact) mass is 177 g/mol. The molecule has 1 N–H and O–H groups in total. The quantitative estimate of drug-likeness (QED) is 0.559. The summed E-state index contributed by atoms with van der Waals surface area (Å²) in [6.45, 7) is 0.105. The normalized spacial score (nSPS) is 20.5. The van der Waals surface area contributed by atoms with E-state index in [1.54, 1.807) is 0 Å². The highest BCUT2D eigenvalue weighted by Gasteiger charge is 2.42. The second-order valence-electron chi connectivity index (χ2n) is 2.86. The minimum atomic E-state index is -2.77. The SMILES string of the molecule is O=c1o[nH][n+]2c1CC(F)(F)CC2. The van der Waals surface area contributed by atoms with E-state index >= 15 is 0 Å². The van der Waals surface area contributed by atoms with Gasteiger partial charge in [0, 0.05) is 0 Å². The van der Waals surface area contributed by atoms with Crippen LogP contribution >= 0.6 is 0 Å². The molecule has 12 heavy (non-hydrogen) atoms. The number of aryl methyl sites for hydroxylation is 1. The predicted octanol–water partition coefficient (Wildman–Crippen LogP) is -0.163. The summed E-state index contributed by atoms with van der Waals surface area (Å²) in [5.74, 6) is -2.77. The Labute approximate surface area is 65.7 Å². The fourth-order valence-corrected chi connectivity index (χ4v) is 1.28. The number of aromatic amines is 1. The maximum atomic E-state index is 12.7. The van der Waals surface area contributed by atoms with Crippen LogP contribution in [0.15, 0.2) is 9.32 Å². The van der Waals surface area contributed by atoms with Gasteiger partial charge in [0.05, 0.1) is 6.42 Å². The molecule has 6 heteroatoms. The first-order chi connectivity index (χ1) is 5.58. The summed E-state index contributed by atoms with van der Waals surface area (Å²) in [6, 6.07) is 0. The lowest BCUT2D eigenvalue weighted by atomic mass is 10.1. The number of nitrogens with zero attached hydrogens (tertiary/aromatic N) is 1. The topological polar surface area (TPSA) is 49.9 Å². The van der Waals surface area contributed by atoms with Crippen molar-refractivity contribution in [1.29, 1.82) is 0 Å². The van der Waals surface area contributed by atoms with Crippen LogP contribution in [0.5, 0.6) is 0 Å². The van der Waals surface area contributed by atoms with Crippen molar-refractivity contribution in [3.63, 3.8) is 0 Å². The first-order valence-corrected chi connectivity index (χ1v) is 3.56. The van der Waals surface area contributed by atoms with Crippen LogP contribution in [0.2, 0.25) is 0 Å². The molecule has 0 aliphatic carbocycles. The van der Waals surface area contributed by atoms with Crippen molar-refractivity contribution in [2.45, 2.75) is 25.3 Å². The van der Waals surface area contributed by atoms with E-state index in [4.69, 9.17) is 0 Å². The number of alkyl halides is 2. The van der Waals surface area contributed by atoms with Gasteiger partial charge in [-0.15, -0.1) is 0 Å². The first-order valence-electron chi connectivity index (χ1n) is 3.56. The number of rotatable bonds is 0. The van der Waals surface area contributed by atoms with E-state index in [0.29, 0.717) is 0 Å². The number of nitrogens with one attached hydrogen (secondary N) is 1. The second-order valence-corrected chi connectivity index (χ2v) is 2.86. The van der Waals surface area contributed by atoms with Crippen LogP contribution in [0.4, 0.5) is 8.78 Å². The number of H-pyrrole nitrogens is 1. The molecule has 2 heterocycles. The van der Waals surface area contributed by atoms with Gasteiger partial charge in [0.1, 0.15) is 6.42 Å². The Balaban J connectivity index is 2.45. The van der Waals surface area contributed by atoms with Gasteiger partial charge in [-0.1, -0.05) is 4.68 Å². The molecular formula is C6H7F2N2O2+. The van der Waals surface area contributed by atoms with Crippen LogP contribution in [-0.4, -0.2) is 11.2 Å². The van der Waals surface area contributed by atoms with Crippen molar-refractivity contribution in [2.75, 3.05) is 0 Å². The van der Waals surface area contributed by atoms with Crippen LogP contribution in [-0.2, 0) is 13.0 Å². The van der Waals surface area contributed by atoms with Gasteiger partial charge in [0.25, 0.3) is 5.92 Å². The van der Waals surface area contributed by atoms with Crippen molar-refractivity contribution < 1.29 is 18.0 Å². The highest BCUT2D eigenvalue weighted by atomic mass is 19.3. The van der Waals surface area contributed by atoms with E-state index in [1.807, 2.05) is 0 Å². The Morgan fingerprint density at radius 2 is 2.33 bits per heavy atom. The van der Waals surface area contributed by atoms with Crippen LogP contribution in [0.25, 0.3) is 0 Å². The van der Waals surface area contributed by atoms with E-state index in [-0.39, 0.29) is 18.7 Å². The maximum Gasteiger partial charge on any atom is 0.430 e. The molecule has 0 atom stereocenters. The van der Waals surface area contributed by atoms with Crippen LogP contribution in [0, 0.1) is 0 Å². The molecule has 1 aromatic heterocycles. The second kappa shape index (κ2) is 2.15. The van der Waals surface area contributed by atoms with Gasteiger partial charge in [-0.25, -0.2) is 13.6 Å². The molecule has 4 nitrogen and oxygen atoms in total. The summed E-state index contributed by atoms with van der Waals surface area (Å²) in [6.07, 6.45) is -0.779. The van der Waals surface area contributed by atoms with Gasteiger partial charge in [0.2, 0.25) is 0 Å². The van der Waals surface area contributed by atoms with Gasteiger partial charge >= 0.3 is 11.3 Å². The first kappa shape index (κ1) is 7.45. The summed E-state index contributed by atoms with van der Waals surface area (Å²) in [4.78, 5) is 10.8. The van der Waals surface area contributed by atoms with Crippen LogP contribution in [0.1, 0.15) is 12.1 Å². The van der Waals surface area contributed by atoms with Gasteiger partial charge in [-0.05, 0) is 5.27 Å². The Morgan fingerprint density at radius 3 is 3.08 bits per heavy atom. The Hall–Kier alpha value is -1.20. The van der Waals surface area contributed by atoms with Gasteiger partial charge < -0.3 is 0 Å². The van der Waals surface area contributed by atoms with Crippen molar-refractivity contribution in [1.82, 2.24) is 5.27 Å². The Kier molecular flexibility index (Phi) is 1.33. The predicted molar refractivity (Wildman–Crippen MR) is 32.8 cm³/mol.